The SMILES string of the molecule is Cc1oc(C)c(C(=O)N2CC(CO)OC(C)(C)C2)c1C. The summed E-state index contributed by atoms with van der Waals surface area (Å²) in [6.07, 6.45) is -0.337. The van der Waals surface area contributed by atoms with Gasteiger partial charge in [0.15, 0.2) is 0 Å². The Labute approximate surface area is 119 Å². The lowest BCUT2D eigenvalue weighted by Crippen LogP contribution is -2.55. The number of furan rings is 1. The van der Waals surface area contributed by atoms with Crippen molar-refractivity contribution in [2.75, 3.05) is 19.7 Å². The van der Waals surface area contributed by atoms with Crippen molar-refractivity contribution < 1.29 is 19.1 Å². The van der Waals surface area contributed by atoms with Gasteiger partial charge >= 0.3 is 0 Å². The van der Waals surface area contributed by atoms with Crippen LogP contribution >= 0.6 is 0 Å². The molecule has 112 valence electrons. The van der Waals surface area contributed by atoms with E-state index in [-0.39, 0.29) is 18.6 Å². The summed E-state index contributed by atoms with van der Waals surface area (Å²) < 4.78 is 11.3. The van der Waals surface area contributed by atoms with Crippen LogP contribution in [-0.2, 0) is 4.74 Å². The molecule has 0 saturated carbocycles. The number of hydrogen-bond acceptors (Lipinski definition) is 4. The van der Waals surface area contributed by atoms with Gasteiger partial charge in [-0.05, 0) is 34.6 Å². The number of hydrogen-bond donors (Lipinski definition) is 1. The van der Waals surface area contributed by atoms with Gasteiger partial charge in [0.05, 0.1) is 23.9 Å². The van der Waals surface area contributed by atoms with E-state index in [0.717, 1.165) is 11.3 Å². The minimum absolute atomic E-state index is 0.0494. The van der Waals surface area contributed by atoms with Crippen molar-refractivity contribution in [1.29, 1.82) is 0 Å². The van der Waals surface area contributed by atoms with Crippen LogP contribution in [0.1, 0.15) is 41.3 Å². The number of aryl methyl sites for hydroxylation is 2. The van der Waals surface area contributed by atoms with Gasteiger partial charge < -0.3 is 19.2 Å². The highest BCUT2D eigenvalue weighted by Gasteiger charge is 2.37. The molecule has 1 aliphatic heterocycles. The number of amides is 1. The summed E-state index contributed by atoms with van der Waals surface area (Å²) in [5.41, 5.74) is 1.07. The zero-order valence-corrected chi connectivity index (χ0v) is 12.8. The van der Waals surface area contributed by atoms with Gasteiger partial charge in [0.25, 0.3) is 5.91 Å². The van der Waals surface area contributed by atoms with Gasteiger partial charge in [-0.2, -0.15) is 0 Å². The summed E-state index contributed by atoms with van der Waals surface area (Å²) in [7, 11) is 0. The fraction of sp³-hybridized carbons (Fsp3) is 0.667. The molecule has 1 unspecified atom stereocenters. The third-order valence-corrected chi connectivity index (χ3v) is 3.75. The summed E-state index contributed by atoms with van der Waals surface area (Å²) in [5.74, 6) is 1.37. The second kappa shape index (κ2) is 5.22. The fourth-order valence-corrected chi connectivity index (χ4v) is 2.81. The fourth-order valence-electron chi connectivity index (χ4n) is 2.81. The van der Waals surface area contributed by atoms with Crippen LogP contribution in [0.25, 0.3) is 0 Å². The molecule has 1 amide bonds. The van der Waals surface area contributed by atoms with Crippen LogP contribution in [0.2, 0.25) is 0 Å². The van der Waals surface area contributed by atoms with Crippen LogP contribution in [0.3, 0.4) is 0 Å². The minimum atomic E-state index is -0.456. The molecule has 0 aromatic carbocycles. The molecule has 1 fully saturated rings. The average Bonchev–Trinajstić information content (AvgIpc) is 2.60. The van der Waals surface area contributed by atoms with Gasteiger partial charge in [0.1, 0.15) is 11.5 Å². The third kappa shape index (κ3) is 2.74. The first-order valence-corrected chi connectivity index (χ1v) is 6.89. The lowest BCUT2D eigenvalue weighted by Gasteiger charge is -2.42. The summed E-state index contributed by atoms with van der Waals surface area (Å²) in [6, 6.07) is 0. The van der Waals surface area contributed by atoms with Gasteiger partial charge in [-0.15, -0.1) is 0 Å². The van der Waals surface area contributed by atoms with Gasteiger partial charge in [0.2, 0.25) is 0 Å². The Morgan fingerprint density at radius 2 is 2.00 bits per heavy atom. The van der Waals surface area contributed by atoms with Crippen molar-refractivity contribution in [2.24, 2.45) is 0 Å². The first-order valence-electron chi connectivity index (χ1n) is 6.89. The number of carbonyl (C=O) groups is 1. The molecule has 0 radical (unpaired) electrons. The second-order valence-corrected chi connectivity index (χ2v) is 6.08. The van der Waals surface area contributed by atoms with E-state index < -0.39 is 5.60 Å². The zero-order chi connectivity index (χ0) is 15.1. The molecule has 0 spiro atoms. The molecule has 5 heteroatoms. The molecule has 2 heterocycles. The predicted octanol–water partition coefficient (Wildman–Crippen LogP) is 1.82. The summed E-state index contributed by atoms with van der Waals surface area (Å²) in [6.45, 7) is 10.2. The van der Waals surface area contributed by atoms with Crippen molar-refractivity contribution in [3.63, 3.8) is 0 Å². The van der Waals surface area contributed by atoms with Crippen LogP contribution in [0.4, 0.5) is 0 Å². The van der Waals surface area contributed by atoms with Crippen LogP contribution in [0, 0.1) is 20.8 Å². The molecule has 2 rings (SSSR count). The lowest BCUT2D eigenvalue weighted by atomic mass is 10.0. The first-order chi connectivity index (χ1) is 9.25. The van der Waals surface area contributed by atoms with Crippen molar-refractivity contribution >= 4 is 5.91 Å². The Balaban J connectivity index is 2.28. The van der Waals surface area contributed by atoms with E-state index in [9.17, 15) is 9.90 Å². The first kappa shape index (κ1) is 15.1. The predicted molar refractivity (Wildman–Crippen MR) is 74.9 cm³/mol. The zero-order valence-electron chi connectivity index (χ0n) is 12.8. The Kier molecular flexibility index (Phi) is 3.93. The number of aliphatic hydroxyl groups is 1. The van der Waals surface area contributed by atoms with Crippen molar-refractivity contribution in [3.05, 3.63) is 22.6 Å². The molecule has 1 aromatic heterocycles. The topological polar surface area (TPSA) is 62.9 Å². The van der Waals surface area contributed by atoms with Crippen LogP contribution in [0.5, 0.6) is 0 Å². The quantitative estimate of drug-likeness (QED) is 0.898. The molecule has 20 heavy (non-hydrogen) atoms. The van der Waals surface area contributed by atoms with Gasteiger partial charge in [-0.1, -0.05) is 0 Å². The molecule has 1 atom stereocenters. The third-order valence-electron chi connectivity index (χ3n) is 3.75. The Bertz CT molecular complexity index is 518. The highest BCUT2D eigenvalue weighted by atomic mass is 16.5. The average molecular weight is 281 g/mol. The maximum absolute atomic E-state index is 12.7. The monoisotopic (exact) mass is 281 g/mol. The Morgan fingerprint density at radius 1 is 1.35 bits per heavy atom. The van der Waals surface area contributed by atoms with Gasteiger partial charge in [-0.25, -0.2) is 0 Å². The van der Waals surface area contributed by atoms with E-state index in [1.165, 1.54) is 0 Å². The largest absolute Gasteiger partial charge is 0.466 e. The molecular formula is C15H23NO4. The maximum Gasteiger partial charge on any atom is 0.257 e. The smallest absolute Gasteiger partial charge is 0.257 e. The number of carbonyl (C=O) groups excluding carboxylic acids is 1. The second-order valence-electron chi connectivity index (χ2n) is 6.08. The maximum atomic E-state index is 12.7. The molecule has 0 aliphatic carbocycles. The number of aliphatic hydroxyl groups excluding tert-OH is 1. The summed E-state index contributed by atoms with van der Waals surface area (Å²) in [5, 5.41) is 9.33. The van der Waals surface area contributed by atoms with Crippen LogP contribution in [-0.4, -0.2) is 47.3 Å². The molecular weight excluding hydrogens is 258 g/mol. The Hall–Kier alpha value is -1.33. The molecule has 1 aliphatic rings. The van der Waals surface area contributed by atoms with E-state index in [2.05, 4.69) is 0 Å². The van der Waals surface area contributed by atoms with Crippen LogP contribution < -0.4 is 0 Å². The minimum Gasteiger partial charge on any atom is -0.466 e. The number of nitrogens with zero attached hydrogens (tertiary/aromatic N) is 1. The number of morpholine rings is 1. The highest BCUT2D eigenvalue weighted by Crippen LogP contribution is 2.26. The Morgan fingerprint density at radius 3 is 2.50 bits per heavy atom. The highest BCUT2D eigenvalue weighted by molar-refractivity contribution is 5.97. The molecule has 1 aromatic rings. The van der Waals surface area contributed by atoms with E-state index in [1.807, 2.05) is 34.6 Å². The number of rotatable bonds is 2. The van der Waals surface area contributed by atoms with Crippen LogP contribution in [0.15, 0.2) is 4.42 Å². The molecule has 0 bridgehead atoms. The van der Waals surface area contributed by atoms with E-state index >= 15 is 0 Å². The van der Waals surface area contributed by atoms with Crippen molar-refractivity contribution in [3.8, 4) is 0 Å². The molecule has 1 N–H and O–H groups in total. The van der Waals surface area contributed by atoms with E-state index in [4.69, 9.17) is 9.15 Å². The van der Waals surface area contributed by atoms with E-state index in [0.29, 0.717) is 24.4 Å². The van der Waals surface area contributed by atoms with Crippen molar-refractivity contribution in [1.82, 2.24) is 4.90 Å². The summed E-state index contributed by atoms with van der Waals surface area (Å²) >= 11 is 0. The van der Waals surface area contributed by atoms with E-state index in [1.54, 1.807) is 4.90 Å². The van der Waals surface area contributed by atoms with Gasteiger partial charge in [-0.3, -0.25) is 4.79 Å². The standard InChI is InChI=1S/C15H23NO4/c1-9-10(2)19-11(3)13(9)14(18)16-6-12(7-17)20-15(4,5)8-16/h12,17H,6-8H2,1-5H3. The number of ether oxygens (including phenoxy) is 1. The lowest BCUT2D eigenvalue weighted by molar-refractivity contribution is -0.139. The summed E-state index contributed by atoms with van der Waals surface area (Å²) in [4.78, 5) is 14.5. The van der Waals surface area contributed by atoms with Crippen molar-refractivity contribution in [2.45, 2.75) is 46.3 Å². The molecule has 1 saturated heterocycles. The molecule has 5 nitrogen and oxygen atoms in total. The normalized spacial score (nSPS) is 22.1. The van der Waals surface area contributed by atoms with Gasteiger partial charge in [0, 0.05) is 18.7 Å².